The Morgan fingerprint density at radius 2 is 2.11 bits per heavy atom. The van der Waals surface area contributed by atoms with E-state index in [2.05, 4.69) is 21.4 Å². The first-order valence-electron chi connectivity index (χ1n) is 10.7. The summed E-state index contributed by atoms with van der Waals surface area (Å²) in [6, 6.07) is -0.948. The van der Waals surface area contributed by atoms with Gasteiger partial charge in [0.2, 0.25) is 6.79 Å². The molecule has 0 bridgehead atoms. The molecule has 37 heavy (non-hydrogen) atoms. The van der Waals surface area contributed by atoms with Gasteiger partial charge in [-0.05, 0) is 20.8 Å². The highest BCUT2D eigenvalue weighted by molar-refractivity contribution is 8.06. The normalized spacial score (nSPS) is 19.4. The van der Waals surface area contributed by atoms with E-state index >= 15 is 0 Å². The average molecular weight is 568 g/mol. The summed E-state index contributed by atoms with van der Waals surface area (Å²) in [5, 5.41) is 7.53. The van der Waals surface area contributed by atoms with Crippen molar-refractivity contribution in [1.29, 1.82) is 0 Å². The van der Waals surface area contributed by atoms with E-state index in [1.807, 2.05) is 0 Å². The summed E-state index contributed by atoms with van der Waals surface area (Å²) in [6.45, 7) is 4.38. The van der Waals surface area contributed by atoms with E-state index in [1.54, 1.807) is 20.8 Å². The first kappa shape index (κ1) is 28.4. The molecule has 2 amide bonds. The van der Waals surface area contributed by atoms with Crippen LogP contribution in [0.1, 0.15) is 26.5 Å². The predicted molar refractivity (Wildman–Crippen MR) is 140 cm³/mol. The second kappa shape index (κ2) is 11.9. The molecule has 0 saturated carbocycles. The average Bonchev–Trinajstić information content (AvgIpc) is 3.28. The van der Waals surface area contributed by atoms with E-state index in [4.69, 9.17) is 26.5 Å². The molecule has 0 spiro atoms. The number of carbonyl (C=O) groups is 4. The zero-order chi connectivity index (χ0) is 27.3. The van der Waals surface area contributed by atoms with Crippen LogP contribution in [0.2, 0.25) is 0 Å². The number of nitrogens with one attached hydrogen (secondary N) is 1. The number of thiazole rings is 1. The minimum Gasteiger partial charge on any atom is -0.427 e. The fourth-order valence-corrected chi connectivity index (χ4v) is 6.00. The maximum atomic E-state index is 13.1. The van der Waals surface area contributed by atoms with Crippen LogP contribution in [0.25, 0.3) is 0 Å². The SMILES string of the molecule is C#CCSC1=C(C(=O)OCOC(=O)C(C)(C)C)N2C(=O)[C@@H](NC(=O)/C(=N\OC)c3csc(N)n3)[C@H]2SC1. The number of fused-ring (bicyclic) bond motifs is 1. The van der Waals surface area contributed by atoms with Crippen LogP contribution < -0.4 is 11.1 Å². The number of amides is 2. The Labute approximate surface area is 225 Å². The molecular formula is C22H25N5O7S3. The second-order valence-corrected chi connectivity index (χ2v) is 11.6. The summed E-state index contributed by atoms with van der Waals surface area (Å²) in [6.07, 6.45) is 5.37. The summed E-state index contributed by atoms with van der Waals surface area (Å²) in [4.78, 5) is 61.6. The van der Waals surface area contributed by atoms with Gasteiger partial charge in [-0.15, -0.1) is 41.3 Å². The molecule has 2 aliphatic rings. The number of nitrogens with zero attached hydrogens (tertiary/aromatic N) is 3. The molecule has 198 valence electrons. The molecule has 2 atom stereocenters. The minimum atomic E-state index is -0.948. The van der Waals surface area contributed by atoms with Crippen molar-refractivity contribution in [3.63, 3.8) is 0 Å². The molecular weight excluding hydrogens is 542 g/mol. The Kier molecular flexibility index (Phi) is 9.11. The highest BCUT2D eigenvalue weighted by Crippen LogP contribution is 2.43. The van der Waals surface area contributed by atoms with Crippen LogP contribution >= 0.6 is 34.9 Å². The molecule has 0 aromatic carbocycles. The predicted octanol–water partition coefficient (Wildman–Crippen LogP) is 1.14. The Morgan fingerprint density at radius 3 is 2.70 bits per heavy atom. The maximum absolute atomic E-state index is 13.1. The van der Waals surface area contributed by atoms with Gasteiger partial charge in [0, 0.05) is 16.0 Å². The van der Waals surface area contributed by atoms with Crippen LogP contribution in [0, 0.1) is 17.8 Å². The summed E-state index contributed by atoms with van der Waals surface area (Å²) < 4.78 is 10.2. The zero-order valence-corrected chi connectivity index (χ0v) is 22.9. The fraction of sp³-hybridized carbons (Fsp3) is 0.455. The number of anilines is 1. The number of rotatable bonds is 9. The van der Waals surface area contributed by atoms with Crippen molar-refractivity contribution in [2.24, 2.45) is 10.6 Å². The van der Waals surface area contributed by atoms with Crippen LogP contribution in [-0.4, -0.2) is 76.2 Å². The number of ether oxygens (including phenoxy) is 2. The molecule has 2 aliphatic heterocycles. The van der Waals surface area contributed by atoms with Crippen molar-refractivity contribution in [3.8, 4) is 12.3 Å². The molecule has 1 fully saturated rings. The standard InChI is InChI=1S/C22H25N5O7S3/c1-6-7-35-12-9-36-18-14(25-16(28)13(26-32-5)11-8-37-21(23)24-11)17(29)27(18)15(12)19(30)33-10-34-20(31)22(2,3)4/h1,8,14,18H,7,9-10H2,2-5H3,(H2,23,24)(H,25,28)/b26-13-/t14-,18-/m1/s1. The van der Waals surface area contributed by atoms with Gasteiger partial charge in [0.25, 0.3) is 11.8 Å². The number of oxime groups is 1. The lowest BCUT2D eigenvalue weighted by Gasteiger charge is -2.49. The molecule has 0 aliphatic carbocycles. The number of thioether (sulfide) groups is 2. The summed E-state index contributed by atoms with van der Waals surface area (Å²) >= 11 is 3.69. The molecule has 1 saturated heterocycles. The van der Waals surface area contributed by atoms with Crippen LogP contribution in [-0.2, 0) is 33.5 Å². The van der Waals surface area contributed by atoms with Gasteiger partial charge in [0.1, 0.15) is 29.9 Å². The van der Waals surface area contributed by atoms with Gasteiger partial charge in [-0.25, -0.2) is 9.78 Å². The van der Waals surface area contributed by atoms with Gasteiger partial charge in [0.05, 0.1) is 11.2 Å². The maximum Gasteiger partial charge on any atom is 0.358 e. The smallest absolute Gasteiger partial charge is 0.358 e. The lowest BCUT2D eigenvalue weighted by molar-refractivity contribution is -0.173. The molecule has 3 rings (SSSR count). The quantitative estimate of drug-likeness (QED) is 0.110. The number of nitrogens with two attached hydrogens (primary N) is 1. The Hall–Kier alpha value is -3.22. The highest BCUT2D eigenvalue weighted by atomic mass is 32.2. The summed E-state index contributed by atoms with van der Waals surface area (Å²) in [5.41, 5.74) is 4.92. The topological polar surface area (TPSA) is 163 Å². The lowest BCUT2D eigenvalue weighted by atomic mass is 9.98. The number of hydrogen-bond donors (Lipinski definition) is 2. The molecule has 12 nitrogen and oxygen atoms in total. The van der Waals surface area contributed by atoms with Gasteiger partial charge in [-0.2, -0.15) is 0 Å². The molecule has 3 heterocycles. The van der Waals surface area contributed by atoms with E-state index < -0.39 is 47.4 Å². The van der Waals surface area contributed by atoms with Crippen molar-refractivity contribution in [2.75, 3.05) is 31.1 Å². The lowest BCUT2D eigenvalue weighted by Crippen LogP contribution is -2.71. The molecule has 15 heteroatoms. The minimum absolute atomic E-state index is 0.00404. The first-order chi connectivity index (χ1) is 17.5. The monoisotopic (exact) mass is 567 g/mol. The van der Waals surface area contributed by atoms with Crippen molar-refractivity contribution >= 4 is 69.5 Å². The zero-order valence-electron chi connectivity index (χ0n) is 20.4. The number of nitrogen functional groups attached to an aromatic ring is 1. The van der Waals surface area contributed by atoms with Gasteiger partial charge in [-0.3, -0.25) is 19.3 Å². The Bertz CT molecular complexity index is 1200. The molecule has 0 unspecified atom stereocenters. The first-order valence-corrected chi connectivity index (χ1v) is 13.6. The largest absolute Gasteiger partial charge is 0.427 e. The third-order valence-electron chi connectivity index (χ3n) is 4.90. The van der Waals surface area contributed by atoms with E-state index in [1.165, 1.54) is 40.9 Å². The van der Waals surface area contributed by atoms with Crippen LogP contribution in [0.3, 0.4) is 0 Å². The van der Waals surface area contributed by atoms with Gasteiger partial charge < -0.3 is 25.4 Å². The summed E-state index contributed by atoms with van der Waals surface area (Å²) in [7, 11) is 1.27. The fourth-order valence-electron chi connectivity index (χ4n) is 3.14. The van der Waals surface area contributed by atoms with E-state index in [-0.39, 0.29) is 28.0 Å². The number of terminal acetylenes is 1. The van der Waals surface area contributed by atoms with E-state index in [0.717, 1.165) is 11.3 Å². The van der Waals surface area contributed by atoms with Crippen molar-refractivity contribution in [3.05, 3.63) is 21.7 Å². The number of carbonyl (C=O) groups excluding carboxylic acids is 4. The number of aromatic nitrogens is 1. The van der Waals surface area contributed by atoms with Crippen LogP contribution in [0.4, 0.5) is 5.13 Å². The third-order valence-corrected chi connectivity index (χ3v) is 8.03. The number of hydrogen-bond acceptors (Lipinski definition) is 13. The van der Waals surface area contributed by atoms with Crippen molar-refractivity contribution < 1.29 is 33.5 Å². The molecule has 3 N–H and O–H groups in total. The van der Waals surface area contributed by atoms with Gasteiger partial charge in [0.15, 0.2) is 10.8 Å². The highest BCUT2D eigenvalue weighted by Gasteiger charge is 2.55. The second-order valence-electron chi connectivity index (χ2n) is 8.55. The Morgan fingerprint density at radius 1 is 1.38 bits per heavy atom. The van der Waals surface area contributed by atoms with E-state index in [0.29, 0.717) is 10.7 Å². The molecule has 1 aromatic rings. The summed E-state index contributed by atoms with van der Waals surface area (Å²) in [5.74, 6) is 0.481. The van der Waals surface area contributed by atoms with Crippen LogP contribution in [0.5, 0.6) is 0 Å². The Balaban J connectivity index is 1.75. The van der Waals surface area contributed by atoms with Crippen LogP contribution in [0.15, 0.2) is 21.1 Å². The molecule has 1 aromatic heterocycles. The third kappa shape index (κ3) is 6.38. The van der Waals surface area contributed by atoms with Crippen molar-refractivity contribution in [1.82, 2.24) is 15.2 Å². The molecule has 0 radical (unpaired) electrons. The van der Waals surface area contributed by atoms with Gasteiger partial charge in [-0.1, -0.05) is 11.1 Å². The number of β-lactam (4-membered cyclic amide) rings is 1. The van der Waals surface area contributed by atoms with E-state index in [9.17, 15) is 19.2 Å². The van der Waals surface area contributed by atoms with Gasteiger partial charge >= 0.3 is 11.9 Å². The number of esters is 2. The van der Waals surface area contributed by atoms with Crippen molar-refractivity contribution in [2.45, 2.75) is 32.2 Å².